The molecule has 0 aromatic heterocycles. The van der Waals surface area contributed by atoms with Gasteiger partial charge in [0.1, 0.15) is 11.7 Å². The van der Waals surface area contributed by atoms with Gasteiger partial charge in [-0.25, -0.2) is 4.39 Å². The molecule has 0 atom stereocenters. The molecule has 0 heterocycles. The first-order valence-electron chi connectivity index (χ1n) is 5.81. The molecule has 0 bridgehead atoms. The van der Waals surface area contributed by atoms with Gasteiger partial charge < -0.3 is 15.8 Å². The SMILES string of the molecule is CN(CCC(C)(C)C(N)=NO)c1cccc(F)c1. The molecule has 0 spiro atoms. The Labute approximate surface area is 107 Å². The average Bonchev–Trinajstić information content (AvgIpc) is 2.35. The van der Waals surface area contributed by atoms with Crippen LogP contribution in [0.2, 0.25) is 0 Å². The van der Waals surface area contributed by atoms with Crippen molar-refractivity contribution >= 4 is 11.5 Å². The predicted octanol–water partition coefficient (Wildman–Crippen LogP) is 2.42. The molecule has 0 radical (unpaired) electrons. The zero-order valence-electron chi connectivity index (χ0n) is 11.0. The zero-order chi connectivity index (χ0) is 13.8. The fraction of sp³-hybridized carbons (Fsp3) is 0.462. The van der Waals surface area contributed by atoms with E-state index in [0.29, 0.717) is 13.0 Å². The van der Waals surface area contributed by atoms with Crippen LogP contribution < -0.4 is 10.6 Å². The molecule has 3 N–H and O–H groups in total. The Kier molecular flexibility index (Phi) is 4.53. The van der Waals surface area contributed by atoms with Gasteiger partial charge in [0.05, 0.1) is 0 Å². The van der Waals surface area contributed by atoms with Crippen LogP contribution >= 0.6 is 0 Å². The summed E-state index contributed by atoms with van der Waals surface area (Å²) in [7, 11) is 1.89. The summed E-state index contributed by atoms with van der Waals surface area (Å²) in [6, 6.07) is 6.42. The Hall–Kier alpha value is -1.78. The van der Waals surface area contributed by atoms with Crippen LogP contribution in [0.25, 0.3) is 0 Å². The van der Waals surface area contributed by atoms with Crippen LogP contribution in [-0.2, 0) is 0 Å². The number of oxime groups is 1. The van der Waals surface area contributed by atoms with Crippen molar-refractivity contribution in [1.82, 2.24) is 0 Å². The molecule has 0 aliphatic heterocycles. The summed E-state index contributed by atoms with van der Waals surface area (Å²) < 4.78 is 13.1. The summed E-state index contributed by atoms with van der Waals surface area (Å²) in [4.78, 5) is 1.94. The minimum absolute atomic E-state index is 0.204. The minimum atomic E-state index is -0.393. The van der Waals surface area contributed by atoms with Crippen molar-refractivity contribution in [2.24, 2.45) is 16.3 Å². The minimum Gasteiger partial charge on any atom is -0.409 e. The van der Waals surface area contributed by atoms with Crippen molar-refractivity contribution in [1.29, 1.82) is 0 Å². The molecule has 100 valence electrons. The number of halogens is 1. The van der Waals surface area contributed by atoms with Crippen LogP contribution in [0.5, 0.6) is 0 Å². The summed E-state index contributed by atoms with van der Waals surface area (Å²) in [5, 5.41) is 11.7. The molecule has 0 saturated heterocycles. The Balaban J connectivity index is 2.64. The van der Waals surface area contributed by atoms with E-state index in [0.717, 1.165) is 5.69 Å². The highest BCUT2D eigenvalue weighted by molar-refractivity contribution is 5.85. The summed E-state index contributed by atoms with van der Waals surface area (Å²) in [5.74, 6) is -0.0508. The van der Waals surface area contributed by atoms with Gasteiger partial charge in [-0.15, -0.1) is 0 Å². The molecule has 0 fully saturated rings. The monoisotopic (exact) mass is 253 g/mol. The van der Waals surface area contributed by atoms with Crippen LogP contribution in [0, 0.1) is 11.2 Å². The highest BCUT2D eigenvalue weighted by atomic mass is 19.1. The van der Waals surface area contributed by atoms with Gasteiger partial charge in [-0.05, 0) is 24.6 Å². The van der Waals surface area contributed by atoms with E-state index in [1.165, 1.54) is 12.1 Å². The molecule has 0 amide bonds. The van der Waals surface area contributed by atoms with E-state index in [9.17, 15) is 4.39 Å². The van der Waals surface area contributed by atoms with Gasteiger partial charge in [-0.1, -0.05) is 25.1 Å². The second kappa shape index (κ2) is 5.71. The molecule has 1 rings (SSSR count). The van der Waals surface area contributed by atoms with Gasteiger partial charge in [0, 0.05) is 24.7 Å². The van der Waals surface area contributed by atoms with Crippen LogP contribution in [-0.4, -0.2) is 24.6 Å². The molecule has 4 nitrogen and oxygen atoms in total. The maximum Gasteiger partial charge on any atom is 0.144 e. The molecule has 0 aliphatic rings. The summed E-state index contributed by atoms with van der Waals surface area (Å²) >= 11 is 0. The first-order valence-corrected chi connectivity index (χ1v) is 5.81. The van der Waals surface area contributed by atoms with E-state index < -0.39 is 5.41 Å². The lowest BCUT2D eigenvalue weighted by Crippen LogP contribution is -2.35. The fourth-order valence-electron chi connectivity index (χ4n) is 1.55. The highest BCUT2D eigenvalue weighted by Crippen LogP contribution is 2.22. The quantitative estimate of drug-likeness (QED) is 0.366. The van der Waals surface area contributed by atoms with Gasteiger partial charge in [-0.2, -0.15) is 0 Å². The van der Waals surface area contributed by atoms with Crippen LogP contribution in [0.4, 0.5) is 10.1 Å². The van der Waals surface area contributed by atoms with Crippen LogP contribution in [0.3, 0.4) is 0 Å². The molecule has 18 heavy (non-hydrogen) atoms. The average molecular weight is 253 g/mol. The van der Waals surface area contributed by atoms with E-state index in [-0.39, 0.29) is 11.7 Å². The Morgan fingerprint density at radius 1 is 1.50 bits per heavy atom. The summed E-state index contributed by atoms with van der Waals surface area (Å²) in [6.07, 6.45) is 0.704. The lowest BCUT2D eigenvalue weighted by molar-refractivity contribution is 0.306. The normalized spacial score (nSPS) is 12.6. The number of benzene rings is 1. The zero-order valence-corrected chi connectivity index (χ0v) is 11.0. The van der Waals surface area contributed by atoms with Crippen molar-refractivity contribution in [3.05, 3.63) is 30.1 Å². The van der Waals surface area contributed by atoms with Crippen LogP contribution in [0.1, 0.15) is 20.3 Å². The second-order valence-electron chi connectivity index (χ2n) is 5.02. The van der Waals surface area contributed by atoms with Crippen molar-refractivity contribution in [2.45, 2.75) is 20.3 Å². The molecule has 1 aromatic carbocycles. The molecule has 0 aliphatic carbocycles. The maximum absolute atomic E-state index is 13.1. The molecule has 1 aromatic rings. The van der Waals surface area contributed by atoms with Crippen molar-refractivity contribution in [3.8, 4) is 0 Å². The third kappa shape index (κ3) is 3.61. The summed E-state index contributed by atoms with van der Waals surface area (Å²) in [6.45, 7) is 4.50. The molecule has 5 heteroatoms. The molecule has 0 saturated carbocycles. The number of hydrogen-bond acceptors (Lipinski definition) is 3. The summed E-state index contributed by atoms with van der Waals surface area (Å²) in [5.41, 5.74) is 6.04. The standard InChI is InChI=1S/C13H20FN3O/c1-13(2,12(15)16-18)7-8-17(3)11-6-4-5-10(14)9-11/h4-6,9,18H,7-8H2,1-3H3,(H2,15,16). The van der Waals surface area contributed by atoms with E-state index in [1.54, 1.807) is 6.07 Å². The third-order valence-corrected chi connectivity index (χ3v) is 3.12. The Morgan fingerprint density at radius 3 is 2.72 bits per heavy atom. The van der Waals surface area contributed by atoms with Gasteiger partial charge in [0.2, 0.25) is 0 Å². The van der Waals surface area contributed by atoms with Crippen molar-refractivity contribution < 1.29 is 9.60 Å². The van der Waals surface area contributed by atoms with Gasteiger partial charge in [0.25, 0.3) is 0 Å². The molecule has 0 unspecified atom stereocenters. The van der Waals surface area contributed by atoms with Crippen molar-refractivity contribution in [2.75, 3.05) is 18.5 Å². The number of rotatable bonds is 5. The second-order valence-corrected chi connectivity index (χ2v) is 5.02. The molecular weight excluding hydrogens is 233 g/mol. The first-order chi connectivity index (χ1) is 8.36. The molecular formula is C13H20FN3O. The fourth-order valence-corrected chi connectivity index (χ4v) is 1.55. The van der Waals surface area contributed by atoms with Gasteiger partial charge in [-0.3, -0.25) is 0 Å². The van der Waals surface area contributed by atoms with E-state index in [1.807, 2.05) is 31.9 Å². The highest BCUT2D eigenvalue weighted by Gasteiger charge is 2.23. The number of hydrogen-bond donors (Lipinski definition) is 2. The first kappa shape index (κ1) is 14.3. The topological polar surface area (TPSA) is 61.8 Å². The predicted molar refractivity (Wildman–Crippen MR) is 71.5 cm³/mol. The number of anilines is 1. The maximum atomic E-state index is 13.1. The Bertz CT molecular complexity index is 432. The number of amidine groups is 1. The number of nitrogens with zero attached hydrogens (tertiary/aromatic N) is 2. The largest absolute Gasteiger partial charge is 0.409 e. The van der Waals surface area contributed by atoms with E-state index in [2.05, 4.69) is 5.16 Å². The van der Waals surface area contributed by atoms with E-state index in [4.69, 9.17) is 10.9 Å². The third-order valence-electron chi connectivity index (χ3n) is 3.12. The lowest BCUT2D eigenvalue weighted by atomic mass is 9.88. The lowest BCUT2D eigenvalue weighted by Gasteiger charge is -2.27. The Morgan fingerprint density at radius 2 is 2.17 bits per heavy atom. The van der Waals surface area contributed by atoms with Gasteiger partial charge >= 0.3 is 0 Å². The van der Waals surface area contributed by atoms with Crippen LogP contribution in [0.15, 0.2) is 29.4 Å². The van der Waals surface area contributed by atoms with E-state index >= 15 is 0 Å². The van der Waals surface area contributed by atoms with Gasteiger partial charge in [0.15, 0.2) is 0 Å². The van der Waals surface area contributed by atoms with Crippen molar-refractivity contribution in [3.63, 3.8) is 0 Å². The number of nitrogens with two attached hydrogens (primary N) is 1. The smallest absolute Gasteiger partial charge is 0.144 e.